The normalized spacial score (nSPS) is 14.0. The second-order valence-corrected chi connectivity index (χ2v) is 4.15. The summed E-state index contributed by atoms with van der Waals surface area (Å²) in [5.74, 6) is -4.12. The molecule has 146 valence electrons. The van der Waals surface area contributed by atoms with E-state index in [0.717, 1.165) is 0 Å². The third-order valence-corrected chi connectivity index (χ3v) is 2.06. The van der Waals surface area contributed by atoms with Crippen molar-refractivity contribution in [2.45, 2.75) is 26.2 Å². The van der Waals surface area contributed by atoms with Gasteiger partial charge in [-0.15, -0.1) is 0 Å². The number of halogens is 6. The van der Waals surface area contributed by atoms with Crippen LogP contribution >= 0.6 is 0 Å². The van der Waals surface area contributed by atoms with Crippen LogP contribution in [0, 0.1) is 0 Å². The second kappa shape index (κ2) is 13.1. The van der Waals surface area contributed by atoms with Crippen LogP contribution in [0.4, 0.5) is 26.3 Å². The number of aliphatic imine (C=N–C) groups is 2. The number of carbonyl (C=O) groups excluding carboxylic acids is 1. The molecule has 0 aliphatic rings. The van der Waals surface area contributed by atoms with Crippen LogP contribution in [0.3, 0.4) is 0 Å². The Balaban J connectivity index is -0.00000123. The quantitative estimate of drug-likeness (QED) is 0.165. The van der Waals surface area contributed by atoms with E-state index in [1.54, 1.807) is 0 Å². The first-order valence-electron chi connectivity index (χ1n) is 6.20. The maximum atomic E-state index is 11.9. The largest absolute Gasteiger partial charge is 3.00 e. The maximum absolute atomic E-state index is 11.9. The predicted molar refractivity (Wildman–Crippen MR) is 73.3 cm³/mol. The third kappa shape index (κ3) is 15.4. The van der Waals surface area contributed by atoms with Gasteiger partial charge in [0.1, 0.15) is 0 Å². The van der Waals surface area contributed by atoms with E-state index >= 15 is 0 Å². The summed E-state index contributed by atoms with van der Waals surface area (Å²) in [5, 5.41) is 28.0. The van der Waals surface area contributed by atoms with Crippen LogP contribution in [-0.2, 0) is 21.9 Å². The molecule has 0 aromatic heterocycles. The summed E-state index contributed by atoms with van der Waals surface area (Å²) in [6.07, 6.45) is -8.87. The molecule has 0 aromatic rings. The molecule has 13 heteroatoms. The molecule has 0 spiro atoms. The fourth-order valence-electron chi connectivity index (χ4n) is 1.09. The number of nitrogens with zero attached hydrogens (tertiary/aromatic N) is 3. The van der Waals surface area contributed by atoms with Crippen LogP contribution in [0.5, 0.6) is 0 Å². The number of hydrogen-bond donors (Lipinski definition) is 0. The minimum Gasteiger partial charge on any atom is -0.869 e. The van der Waals surface area contributed by atoms with E-state index in [2.05, 4.69) is 9.98 Å². The van der Waals surface area contributed by atoms with E-state index in [4.69, 9.17) is 10.2 Å². The summed E-state index contributed by atoms with van der Waals surface area (Å²) in [7, 11) is 0. The van der Waals surface area contributed by atoms with Gasteiger partial charge in [0.05, 0.1) is 13.1 Å². The molecular weight excluding hydrogens is 415 g/mol. The van der Waals surface area contributed by atoms with Crippen molar-refractivity contribution in [3.8, 4) is 0 Å². The SMILES string of the molecule is CC(/C=C(\[O-])C(F)(F)F)=NCCN=C(C)/C=C(\[O-])C(F)(F)F.[Mn+3].[N-]=C=O. The van der Waals surface area contributed by atoms with Gasteiger partial charge in [-0.1, -0.05) is 0 Å². The molecule has 0 saturated carbocycles. The summed E-state index contributed by atoms with van der Waals surface area (Å²) in [6, 6.07) is 0. The molecule has 0 atom stereocenters. The average Bonchev–Trinajstić information content (AvgIpc) is 2.42. The molecule has 0 N–H and O–H groups in total. The standard InChI is InChI=1S/C12H14F6N2O2.CNO.Mn/c1-7(5-9(21)11(13,14)15)19-3-4-20-8(2)6-10(22)12(16,17)18;2-1-3;/h5-6,21-22H,3-4H2,1-2H3;;/q;-1;+3/p-2/b9-5-,10-6-,19-7?,20-8?;;. The van der Waals surface area contributed by atoms with Gasteiger partial charge in [0.15, 0.2) is 0 Å². The van der Waals surface area contributed by atoms with Crippen molar-refractivity contribution < 1.29 is 58.4 Å². The van der Waals surface area contributed by atoms with E-state index in [9.17, 15) is 36.6 Å². The van der Waals surface area contributed by atoms with Gasteiger partial charge in [-0.25, -0.2) is 0 Å². The Kier molecular flexibility index (Phi) is 14.5. The fourth-order valence-corrected chi connectivity index (χ4v) is 1.09. The Labute approximate surface area is 155 Å². The van der Waals surface area contributed by atoms with Crippen LogP contribution < -0.4 is 10.2 Å². The monoisotopic (exact) mass is 427 g/mol. The molecule has 0 bridgehead atoms. The first kappa shape index (κ1) is 28.7. The Morgan fingerprint density at radius 3 is 1.35 bits per heavy atom. The van der Waals surface area contributed by atoms with Crippen LogP contribution in [0.2, 0.25) is 0 Å². The first-order chi connectivity index (χ1) is 11.3. The number of alkyl halides is 6. The van der Waals surface area contributed by atoms with Crippen molar-refractivity contribution in [3.63, 3.8) is 0 Å². The minimum absolute atomic E-state index is 0. The molecule has 26 heavy (non-hydrogen) atoms. The number of hydrogen-bond acceptors (Lipinski definition) is 5. The smallest absolute Gasteiger partial charge is 0.869 e. The predicted octanol–water partition coefficient (Wildman–Crippen LogP) is 1.41. The topological polar surface area (TPSA) is 110 Å². The molecule has 0 fully saturated rings. The zero-order valence-corrected chi connectivity index (χ0v) is 14.5. The second-order valence-electron chi connectivity index (χ2n) is 4.15. The molecule has 0 amide bonds. The van der Waals surface area contributed by atoms with Gasteiger partial charge in [-0.3, -0.25) is 14.8 Å². The van der Waals surface area contributed by atoms with Gasteiger partial charge < -0.3 is 15.6 Å². The number of rotatable bonds is 5. The zero-order valence-electron chi connectivity index (χ0n) is 13.3. The van der Waals surface area contributed by atoms with E-state index in [0.29, 0.717) is 18.2 Å². The number of isocyanates is 1. The van der Waals surface area contributed by atoms with Crippen LogP contribution in [0.25, 0.3) is 5.41 Å². The van der Waals surface area contributed by atoms with Crippen molar-refractivity contribution in [2.24, 2.45) is 9.98 Å². The molecule has 0 unspecified atom stereocenters. The van der Waals surface area contributed by atoms with E-state index < -0.39 is 23.9 Å². The molecule has 0 aromatic carbocycles. The van der Waals surface area contributed by atoms with E-state index in [1.165, 1.54) is 13.8 Å². The van der Waals surface area contributed by atoms with Crippen LogP contribution in [0.15, 0.2) is 33.7 Å². The average molecular weight is 427 g/mol. The Bertz CT molecular complexity index is 543. The maximum Gasteiger partial charge on any atom is 3.00 e. The van der Waals surface area contributed by atoms with E-state index in [1.807, 2.05) is 0 Å². The van der Waals surface area contributed by atoms with E-state index in [-0.39, 0.29) is 41.6 Å². The summed E-state index contributed by atoms with van der Waals surface area (Å²) < 4.78 is 71.6. The molecule has 6 nitrogen and oxygen atoms in total. The molecule has 0 radical (unpaired) electrons. The van der Waals surface area contributed by atoms with Gasteiger partial charge >= 0.3 is 29.4 Å². The van der Waals surface area contributed by atoms with Crippen molar-refractivity contribution in [3.05, 3.63) is 29.1 Å². The molecule has 0 rings (SSSR count). The fraction of sp³-hybridized carbons (Fsp3) is 0.462. The summed E-state index contributed by atoms with van der Waals surface area (Å²) in [4.78, 5) is 15.4. The first-order valence-corrected chi connectivity index (χ1v) is 6.20. The number of allylic oxidation sites excluding steroid dienone is 4. The van der Waals surface area contributed by atoms with Gasteiger partial charge in [0, 0.05) is 11.4 Å². The summed E-state index contributed by atoms with van der Waals surface area (Å²) in [5.41, 5.74) is -0.379. The van der Waals surface area contributed by atoms with Gasteiger partial charge in [0.2, 0.25) is 0 Å². The van der Waals surface area contributed by atoms with Crippen molar-refractivity contribution in [1.29, 1.82) is 0 Å². The Morgan fingerprint density at radius 1 is 0.923 bits per heavy atom. The molecule has 0 heterocycles. The molecule has 0 saturated heterocycles. The van der Waals surface area contributed by atoms with Gasteiger partial charge in [-0.05, 0) is 43.6 Å². The Hall–Kier alpha value is -2.10. The van der Waals surface area contributed by atoms with Gasteiger partial charge in [0.25, 0.3) is 0 Å². The molecule has 0 aliphatic heterocycles. The summed E-state index contributed by atoms with van der Waals surface area (Å²) in [6.45, 7) is 2.05. The minimum atomic E-state index is -4.99. The van der Waals surface area contributed by atoms with Crippen molar-refractivity contribution >= 4 is 17.5 Å². The zero-order chi connectivity index (χ0) is 20.3. The van der Waals surface area contributed by atoms with Gasteiger partial charge in [-0.2, -0.15) is 26.3 Å². The van der Waals surface area contributed by atoms with Crippen LogP contribution in [0.1, 0.15) is 13.8 Å². The van der Waals surface area contributed by atoms with Crippen molar-refractivity contribution in [2.75, 3.05) is 13.1 Å². The van der Waals surface area contributed by atoms with Crippen LogP contribution in [-0.4, -0.2) is 42.9 Å². The Morgan fingerprint density at radius 2 is 1.15 bits per heavy atom. The molecular formula is C13H12F6MnN3O3. The molecule has 0 aliphatic carbocycles. The summed E-state index contributed by atoms with van der Waals surface area (Å²) >= 11 is 0. The van der Waals surface area contributed by atoms with Crippen molar-refractivity contribution in [1.82, 2.24) is 0 Å². The third-order valence-electron chi connectivity index (χ3n) is 2.06.